The van der Waals surface area contributed by atoms with E-state index in [1.165, 1.54) is 24.6 Å². The Labute approximate surface area is 183 Å². The van der Waals surface area contributed by atoms with E-state index >= 15 is 0 Å². The molecule has 0 unspecified atom stereocenters. The second-order valence-corrected chi connectivity index (χ2v) is 9.66. The molecule has 3 rings (SSSR count). The van der Waals surface area contributed by atoms with E-state index in [4.69, 9.17) is 16.3 Å². The quantitative estimate of drug-likeness (QED) is 0.631. The Morgan fingerprint density at radius 3 is 2.50 bits per heavy atom. The van der Waals surface area contributed by atoms with E-state index in [-0.39, 0.29) is 34.2 Å². The summed E-state index contributed by atoms with van der Waals surface area (Å²) < 4.78 is 33.5. The molecule has 1 saturated carbocycles. The Morgan fingerprint density at radius 1 is 1.13 bits per heavy atom. The highest BCUT2D eigenvalue weighted by atomic mass is 35.5. The molecule has 2 N–H and O–H groups in total. The van der Waals surface area contributed by atoms with Crippen LogP contribution in [0.2, 0.25) is 5.02 Å². The molecule has 1 aliphatic rings. The van der Waals surface area contributed by atoms with Crippen molar-refractivity contribution in [3.63, 3.8) is 0 Å². The fourth-order valence-electron chi connectivity index (χ4n) is 3.54. The molecule has 1 aliphatic carbocycles. The van der Waals surface area contributed by atoms with Crippen molar-refractivity contribution >= 4 is 27.5 Å². The second-order valence-electron chi connectivity index (χ2n) is 7.54. The molecule has 2 aromatic carbocycles. The van der Waals surface area contributed by atoms with Gasteiger partial charge in [0.1, 0.15) is 5.75 Å². The summed E-state index contributed by atoms with van der Waals surface area (Å²) in [7, 11) is -3.77. The molecule has 8 heteroatoms. The molecule has 1 atom stereocenters. The van der Waals surface area contributed by atoms with E-state index in [2.05, 4.69) is 10.0 Å². The van der Waals surface area contributed by atoms with Gasteiger partial charge in [-0.15, -0.1) is 0 Å². The number of carbonyl (C=O) groups is 1. The smallest absolute Gasteiger partial charge is 0.258 e. The van der Waals surface area contributed by atoms with Gasteiger partial charge in [0, 0.05) is 12.1 Å². The van der Waals surface area contributed by atoms with Gasteiger partial charge in [-0.3, -0.25) is 4.79 Å². The first kappa shape index (κ1) is 22.6. The molecule has 1 fully saturated rings. The first-order valence-electron chi connectivity index (χ1n) is 10.1. The number of amides is 1. The maximum atomic E-state index is 12.7. The molecule has 6 nitrogen and oxygen atoms in total. The summed E-state index contributed by atoms with van der Waals surface area (Å²) >= 11 is 6.22. The van der Waals surface area contributed by atoms with Crippen LogP contribution in [0.25, 0.3) is 0 Å². The zero-order valence-corrected chi connectivity index (χ0v) is 18.5. The first-order valence-corrected chi connectivity index (χ1v) is 12.0. The molecule has 0 saturated heterocycles. The average molecular weight is 451 g/mol. The minimum atomic E-state index is -3.77. The van der Waals surface area contributed by atoms with Gasteiger partial charge in [0.15, 0.2) is 6.61 Å². The highest BCUT2D eigenvalue weighted by Crippen LogP contribution is 2.28. The summed E-state index contributed by atoms with van der Waals surface area (Å²) in [6.45, 7) is 1.61. The molecule has 1 amide bonds. The van der Waals surface area contributed by atoms with Crippen LogP contribution in [-0.2, 0) is 14.8 Å². The van der Waals surface area contributed by atoms with Crippen LogP contribution < -0.4 is 14.8 Å². The molecule has 0 heterocycles. The number of benzene rings is 2. The van der Waals surface area contributed by atoms with Gasteiger partial charge in [-0.1, -0.05) is 61.2 Å². The minimum absolute atomic E-state index is 0.0364. The largest absolute Gasteiger partial charge is 0.482 e. The summed E-state index contributed by atoms with van der Waals surface area (Å²) in [5.74, 6) is 0.0681. The van der Waals surface area contributed by atoms with E-state index in [1.807, 2.05) is 30.3 Å². The summed E-state index contributed by atoms with van der Waals surface area (Å²) in [4.78, 5) is 12.1. The van der Waals surface area contributed by atoms with E-state index in [1.54, 1.807) is 6.92 Å². The number of nitrogens with one attached hydrogen (secondary N) is 2. The van der Waals surface area contributed by atoms with Crippen LogP contribution in [0.3, 0.4) is 0 Å². The van der Waals surface area contributed by atoms with Crippen molar-refractivity contribution < 1.29 is 17.9 Å². The lowest BCUT2D eigenvalue weighted by molar-refractivity contribution is -0.124. The Bertz CT molecular complexity index is 960. The molecular weight excluding hydrogens is 424 g/mol. The average Bonchev–Trinajstić information content (AvgIpc) is 2.74. The van der Waals surface area contributed by atoms with E-state index in [9.17, 15) is 13.2 Å². The van der Waals surface area contributed by atoms with Crippen molar-refractivity contribution in [3.8, 4) is 5.75 Å². The monoisotopic (exact) mass is 450 g/mol. The molecule has 0 aliphatic heterocycles. The van der Waals surface area contributed by atoms with E-state index in [0.29, 0.717) is 0 Å². The normalized spacial score (nSPS) is 16.1. The number of sulfonamides is 1. The van der Waals surface area contributed by atoms with E-state index in [0.717, 1.165) is 31.2 Å². The Morgan fingerprint density at radius 2 is 1.83 bits per heavy atom. The predicted octanol–water partition coefficient (Wildman–Crippen LogP) is 4.21. The van der Waals surface area contributed by atoms with Crippen LogP contribution >= 0.6 is 11.6 Å². The van der Waals surface area contributed by atoms with Crippen LogP contribution in [0.4, 0.5) is 0 Å². The van der Waals surface area contributed by atoms with Crippen LogP contribution in [0.1, 0.15) is 50.6 Å². The third-order valence-corrected chi connectivity index (χ3v) is 7.01. The second kappa shape index (κ2) is 10.3. The Hall–Kier alpha value is -2.09. The molecular formula is C22H27ClN2O4S. The Balaban J connectivity index is 1.59. The van der Waals surface area contributed by atoms with Crippen LogP contribution in [-0.4, -0.2) is 27.0 Å². The van der Waals surface area contributed by atoms with Gasteiger partial charge >= 0.3 is 0 Å². The van der Waals surface area contributed by atoms with Gasteiger partial charge in [-0.05, 0) is 43.5 Å². The number of carbonyl (C=O) groups excluding carboxylic acids is 1. The first-order chi connectivity index (χ1) is 14.3. The standard InChI is InChI=1S/C22H27ClN2O4S/c1-16(17-8-4-2-5-9-17)25-30(27,28)19-12-13-21(20(23)14-19)29-15-22(26)24-18-10-6-3-7-11-18/h2,4-5,8-9,12-14,16,18,25H,3,6-7,10-11,15H2,1H3,(H,24,26)/t16-/m0/s1. The number of hydrogen-bond acceptors (Lipinski definition) is 4. The predicted molar refractivity (Wildman–Crippen MR) is 117 cm³/mol. The zero-order valence-electron chi connectivity index (χ0n) is 16.9. The molecule has 2 aromatic rings. The summed E-state index contributed by atoms with van der Waals surface area (Å²) in [5.41, 5.74) is 0.858. The number of halogens is 1. The SMILES string of the molecule is C[C@H](NS(=O)(=O)c1ccc(OCC(=O)NC2CCCCC2)c(Cl)c1)c1ccccc1. The van der Waals surface area contributed by atoms with Gasteiger partial charge in [0.25, 0.3) is 5.91 Å². The summed E-state index contributed by atoms with van der Waals surface area (Å²) in [6, 6.07) is 13.3. The van der Waals surface area contributed by atoms with Gasteiger partial charge in [0.05, 0.1) is 9.92 Å². The third-order valence-electron chi connectivity index (χ3n) is 5.17. The minimum Gasteiger partial charge on any atom is -0.482 e. The molecule has 0 spiro atoms. The van der Waals surface area contributed by atoms with Gasteiger partial charge in [-0.25, -0.2) is 13.1 Å². The summed E-state index contributed by atoms with van der Waals surface area (Å²) in [5, 5.41) is 3.10. The van der Waals surface area contributed by atoms with Gasteiger partial charge in [0.2, 0.25) is 10.0 Å². The van der Waals surface area contributed by atoms with Gasteiger partial charge < -0.3 is 10.1 Å². The molecule has 30 heavy (non-hydrogen) atoms. The Kier molecular flexibility index (Phi) is 7.75. The lowest BCUT2D eigenvalue weighted by atomic mass is 9.95. The number of hydrogen-bond donors (Lipinski definition) is 2. The van der Waals surface area contributed by atoms with Crippen LogP contribution in [0.15, 0.2) is 53.4 Å². The third kappa shape index (κ3) is 6.20. The van der Waals surface area contributed by atoms with Gasteiger partial charge in [-0.2, -0.15) is 0 Å². The zero-order chi connectivity index (χ0) is 21.6. The van der Waals surface area contributed by atoms with Crippen LogP contribution in [0.5, 0.6) is 5.75 Å². The van der Waals surface area contributed by atoms with Crippen LogP contribution in [0, 0.1) is 0 Å². The van der Waals surface area contributed by atoms with Crippen molar-refractivity contribution in [3.05, 3.63) is 59.1 Å². The van der Waals surface area contributed by atoms with Crippen molar-refractivity contribution in [2.45, 2.75) is 56.0 Å². The highest BCUT2D eigenvalue weighted by molar-refractivity contribution is 7.89. The lowest BCUT2D eigenvalue weighted by Crippen LogP contribution is -2.39. The highest BCUT2D eigenvalue weighted by Gasteiger charge is 2.20. The van der Waals surface area contributed by atoms with Crippen molar-refractivity contribution in [2.75, 3.05) is 6.61 Å². The van der Waals surface area contributed by atoms with Crippen molar-refractivity contribution in [1.29, 1.82) is 0 Å². The lowest BCUT2D eigenvalue weighted by Gasteiger charge is -2.22. The van der Waals surface area contributed by atoms with E-state index < -0.39 is 16.1 Å². The number of ether oxygens (including phenoxy) is 1. The van der Waals surface area contributed by atoms with Crippen molar-refractivity contribution in [1.82, 2.24) is 10.0 Å². The number of rotatable bonds is 8. The molecule has 0 bridgehead atoms. The topological polar surface area (TPSA) is 84.5 Å². The molecule has 162 valence electrons. The van der Waals surface area contributed by atoms with Crippen molar-refractivity contribution in [2.24, 2.45) is 0 Å². The molecule has 0 aromatic heterocycles. The summed E-state index contributed by atoms with van der Waals surface area (Å²) in [6.07, 6.45) is 5.46. The molecule has 0 radical (unpaired) electrons. The fourth-order valence-corrected chi connectivity index (χ4v) is 5.09. The maximum absolute atomic E-state index is 12.7. The maximum Gasteiger partial charge on any atom is 0.258 e. The fraction of sp³-hybridized carbons (Fsp3) is 0.409.